The molecule has 0 aliphatic heterocycles. The van der Waals surface area contributed by atoms with Crippen molar-refractivity contribution in [1.29, 1.82) is 0 Å². The Labute approximate surface area is 256 Å². The molecule has 0 radical (unpaired) electrons. The van der Waals surface area contributed by atoms with Crippen molar-refractivity contribution in [2.24, 2.45) is 10.8 Å². The van der Waals surface area contributed by atoms with Gasteiger partial charge in [0.15, 0.2) is 5.78 Å². The summed E-state index contributed by atoms with van der Waals surface area (Å²) in [7, 11) is 0. The molecule has 2 aliphatic rings. The molecule has 2 rings (SSSR count). The maximum atomic E-state index is 12.2. The lowest BCUT2D eigenvalue weighted by Crippen LogP contribution is -2.35. The van der Waals surface area contributed by atoms with E-state index in [1.54, 1.807) is 0 Å². The van der Waals surface area contributed by atoms with Crippen molar-refractivity contribution in [2.75, 3.05) is 0 Å². The van der Waals surface area contributed by atoms with Gasteiger partial charge in [0.2, 0.25) is 0 Å². The van der Waals surface area contributed by atoms with Crippen LogP contribution in [0, 0.1) is 10.8 Å². The first kappa shape index (κ1) is 35.0. The van der Waals surface area contributed by atoms with Gasteiger partial charge in [0.25, 0.3) is 0 Å². The maximum absolute atomic E-state index is 12.2. The highest BCUT2D eigenvalue weighted by Gasteiger charge is 2.36. The summed E-state index contributed by atoms with van der Waals surface area (Å²) in [5.41, 5.74) is 9.44. The molecule has 42 heavy (non-hydrogen) atoms. The molecule has 2 nitrogen and oxygen atoms in total. The number of rotatable bonds is 10. The Morgan fingerprint density at radius 2 is 1.14 bits per heavy atom. The lowest BCUT2D eigenvalue weighted by Gasteiger charge is -2.34. The number of aliphatic hydroxyl groups is 1. The lowest BCUT2D eigenvalue weighted by atomic mass is 9.71. The molecule has 0 saturated heterocycles. The van der Waals surface area contributed by atoms with Crippen LogP contribution < -0.4 is 0 Å². The van der Waals surface area contributed by atoms with Crippen LogP contribution in [0.5, 0.6) is 0 Å². The van der Waals surface area contributed by atoms with Crippen LogP contribution in [-0.2, 0) is 4.79 Å². The predicted molar refractivity (Wildman–Crippen MR) is 183 cm³/mol. The molecule has 2 heteroatoms. The van der Waals surface area contributed by atoms with Gasteiger partial charge >= 0.3 is 0 Å². The molecule has 0 aromatic carbocycles. The van der Waals surface area contributed by atoms with Crippen LogP contribution in [0.4, 0.5) is 0 Å². The minimum atomic E-state index is -0.892. The molecule has 0 aromatic heterocycles. The highest BCUT2D eigenvalue weighted by atomic mass is 16.3. The molecule has 226 valence electrons. The van der Waals surface area contributed by atoms with Gasteiger partial charge < -0.3 is 5.11 Å². The average molecular weight is 567 g/mol. The number of hydrogen-bond acceptors (Lipinski definition) is 2. The molecule has 0 unspecified atom stereocenters. The molecular formula is C40H54O2. The summed E-state index contributed by atoms with van der Waals surface area (Å²) in [5.74, 6) is -0.160. The summed E-state index contributed by atoms with van der Waals surface area (Å²) in [6.45, 7) is 21.4. The van der Waals surface area contributed by atoms with E-state index in [2.05, 4.69) is 122 Å². The molecule has 1 atom stereocenters. The van der Waals surface area contributed by atoms with E-state index in [0.717, 1.165) is 16.7 Å². The van der Waals surface area contributed by atoms with Gasteiger partial charge in [-0.05, 0) is 94.8 Å². The van der Waals surface area contributed by atoms with Gasteiger partial charge in [-0.2, -0.15) is 0 Å². The van der Waals surface area contributed by atoms with Crippen LogP contribution in [0.3, 0.4) is 0 Å². The first-order valence-electron chi connectivity index (χ1n) is 15.4. The van der Waals surface area contributed by atoms with Crippen LogP contribution in [0.1, 0.15) is 94.9 Å². The van der Waals surface area contributed by atoms with Gasteiger partial charge in [-0.1, -0.05) is 141 Å². The van der Waals surface area contributed by atoms with Crippen molar-refractivity contribution in [2.45, 2.75) is 101 Å². The van der Waals surface area contributed by atoms with Crippen molar-refractivity contribution in [3.05, 3.63) is 130 Å². The minimum Gasteiger partial charge on any atom is -0.385 e. The van der Waals surface area contributed by atoms with E-state index < -0.39 is 6.10 Å². The first-order valence-corrected chi connectivity index (χ1v) is 15.4. The molecule has 0 heterocycles. The number of Topliss-reactive ketones (excluding diaryl/α,β-unsaturated/α-hetero) is 1. The van der Waals surface area contributed by atoms with Crippen molar-refractivity contribution in [3.63, 3.8) is 0 Å². The third-order valence-electron chi connectivity index (χ3n) is 8.34. The molecular weight excluding hydrogens is 512 g/mol. The van der Waals surface area contributed by atoms with Gasteiger partial charge in [0.05, 0.1) is 0 Å². The third-order valence-corrected chi connectivity index (χ3v) is 8.34. The minimum absolute atomic E-state index is 0.160. The summed E-state index contributed by atoms with van der Waals surface area (Å²) >= 11 is 0. The second-order valence-corrected chi connectivity index (χ2v) is 13.4. The van der Waals surface area contributed by atoms with E-state index in [1.165, 1.54) is 41.6 Å². The largest absolute Gasteiger partial charge is 0.385 e. The predicted octanol–water partition coefficient (Wildman–Crippen LogP) is 10.8. The molecule has 0 fully saturated rings. The first-order chi connectivity index (χ1) is 19.6. The summed E-state index contributed by atoms with van der Waals surface area (Å²) < 4.78 is 0. The van der Waals surface area contributed by atoms with Crippen molar-refractivity contribution in [1.82, 2.24) is 0 Å². The summed E-state index contributed by atoms with van der Waals surface area (Å²) in [5, 5.41) is 10.0. The number of aliphatic hydroxyl groups excluding tert-OH is 1. The van der Waals surface area contributed by atoms with Gasteiger partial charge in [0, 0.05) is 0 Å². The number of hydrogen-bond donors (Lipinski definition) is 1. The fourth-order valence-corrected chi connectivity index (χ4v) is 5.71. The zero-order valence-electron chi connectivity index (χ0n) is 27.8. The standard InChI is InChI=1S/C40H54O2/c1-29(18-13-20-31(3)23-25-35-33(5)22-15-27-39(35,7)8)16-11-12-17-30(2)19-14-21-32(4)24-26-36-34(6)38(42)37(41)28-40(36,9)10/h11-14,16-21,23-26,37,41H,15,22,27-28H2,1-10H3/b12-11+,18-13+,19-14+,25-23+,26-24+,29-16+,30-17+,31-20+,32-21+/t37-/m0/s1. The number of allylic oxidation sites excluding steroid dienone is 21. The van der Waals surface area contributed by atoms with Gasteiger partial charge in [-0.15, -0.1) is 0 Å². The summed E-state index contributed by atoms with van der Waals surface area (Å²) in [6.07, 6.45) is 32.9. The Kier molecular flexibility index (Phi) is 13.2. The summed E-state index contributed by atoms with van der Waals surface area (Å²) in [6, 6.07) is 0. The molecule has 0 spiro atoms. The Hall–Kier alpha value is -3.23. The zero-order valence-corrected chi connectivity index (χ0v) is 27.8. The van der Waals surface area contributed by atoms with Crippen LogP contribution >= 0.6 is 0 Å². The monoisotopic (exact) mass is 566 g/mol. The number of carbonyl (C=O) groups is 1. The molecule has 1 N–H and O–H groups in total. The van der Waals surface area contributed by atoms with Crippen molar-refractivity contribution < 1.29 is 9.90 Å². The Morgan fingerprint density at radius 1 is 0.690 bits per heavy atom. The van der Waals surface area contributed by atoms with E-state index >= 15 is 0 Å². The van der Waals surface area contributed by atoms with Crippen LogP contribution in [-0.4, -0.2) is 17.0 Å². The average Bonchev–Trinajstić information content (AvgIpc) is 2.88. The summed E-state index contributed by atoms with van der Waals surface area (Å²) in [4.78, 5) is 12.2. The highest BCUT2D eigenvalue weighted by molar-refractivity contribution is 6.00. The number of ketones is 1. The second kappa shape index (κ2) is 15.8. The normalized spacial score (nSPS) is 23.3. The van der Waals surface area contributed by atoms with Crippen LogP contribution in [0.2, 0.25) is 0 Å². The van der Waals surface area contributed by atoms with E-state index in [-0.39, 0.29) is 16.6 Å². The van der Waals surface area contributed by atoms with E-state index in [4.69, 9.17) is 0 Å². The Morgan fingerprint density at radius 3 is 1.64 bits per heavy atom. The molecule has 0 amide bonds. The van der Waals surface area contributed by atoms with E-state index in [9.17, 15) is 9.90 Å². The fourth-order valence-electron chi connectivity index (χ4n) is 5.71. The topological polar surface area (TPSA) is 37.3 Å². The van der Waals surface area contributed by atoms with E-state index in [0.29, 0.717) is 12.0 Å². The van der Waals surface area contributed by atoms with Gasteiger partial charge in [-0.3, -0.25) is 4.79 Å². The Bertz CT molecular complexity index is 1330. The Balaban J connectivity index is 1.92. The van der Waals surface area contributed by atoms with Crippen LogP contribution in [0.25, 0.3) is 0 Å². The second-order valence-electron chi connectivity index (χ2n) is 13.4. The molecule has 0 bridgehead atoms. The fraction of sp³-hybridized carbons (Fsp3) is 0.425. The zero-order chi connectivity index (χ0) is 31.5. The highest BCUT2D eigenvalue weighted by Crippen LogP contribution is 2.41. The number of carbonyl (C=O) groups excluding carboxylic acids is 1. The molecule has 2 aliphatic carbocycles. The van der Waals surface area contributed by atoms with Gasteiger partial charge in [0.1, 0.15) is 6.10 Å². The molecule has 0 saturated carbocycles. The molecule has 0 aromatic rings. The quantitative estimate of drug-likeness (QED) is 0.267. The third kappa shape index (κ3) is 10.9. The maximum Gasteiger partial charge on any atom is 0.187 e. The smallest absolute Gasteiger partial charge is 0.187 e. The van der Waals surface area contributed by atoms with Crippen molar-refractivity contribution in [3.8, 4) is 0 Å². The van der Waals surface area contributed by atoms with Crippen molar-refractivity contribution >= 4 is 5.78 Å². The van der Waals surface area contributed by atoms with Gasteiger partial charge in [-0.25, -0.2) is 0 Å². The lowest BCUT2D eigenvalue weighted by molar-refractivity contribution is -0.125. The SMILES string of the molecule is CC1=C(/C=C/C(C)=C/C=C/C(C)=C/C=C/C=C(C)/C=C/C=C(C)/C=C/C2=C(C)C(=O)[C@@H](O)CC2(C)C)C(C)(C)CCC1. The van der Waals surface area contributed by atoms with E-state index in [1.807, 2.05) is 32.1 Å². The van der Waals surface area contributed by atoms with Crippen LogP contribution in [0.15, 0.2) is 130 Å².